The van der Waals surface area contributed by atoms with E-state index in [0.29, 0.717) is 5.56 Å². The average Bonchev–Trinajstić information content (AvgIpc) is 2.28. The molecule has 2 rings (SSSR count). The van der Waals surface area contributed by atoms with Gasteiger partial charge in [0.1, 0.15) is 5.75 Å². The summed E-state index contributed by atoms with van der Waals surface area (Å²) in [7, 11) is 0. The van der Waals surface area contributed by atoms with E-state index in [1.165, 1.54) is 19.3 Å². The van der Waals surface area contributed by atoms with Crippen LogP contribution < -0.4 is 5.32 Å². The topological polar surface area (TPSA) is 49.3 Å². The Hall–Kier alpha value is -1.51. The number of amides is 1. The fourth-order valence-corrected chi connectivity index (χ4v) is 2.70. The molecule has 0 atom stereocenters. The normalized spacial score (nSPS) is 18.3. The van der Waals surface area contributed by atoms with E-state index in [9.17, 15) is 9.90 Å². The fourth-order valence-electron chi connectivity index (χ4n) is 2.70. The van der Waals surface area contributed by atoms with Crippen LogP contribution in [-0.4, -0.2) is 16.6 Å². The van der Waals surface area contributed by atoms with Gasteiger partial charge in [-0.05, 0) is 50.5 Å². The van der Waals surface area contributed by atoms with Crippen LogP contribution in [0.3, 0.4) is 0 Å². The number of phenolic OH excluding ortho intramolecular Hbond substituents is 1. The first kappa shape index (κ1) is 12.9. The van der Waals surface area contributed by atoms with Gasteiger partial charge in [-0.2, -0.15) is 0 Å². The SMILES string of the molecule is Cc1cc(O)ccc1C(=O)NC1(C)CCCCC1. The Bertz CT molecular complexity index is 448. The Balaban J connectivity index is 2.11. The summed E-state index contributed by atoms with van der Waals surface area (Å²) in [4.78, 5) is 12.3. The van der Waals surface area contributed by atoms with Crippen LogP contribution in [0, 0.1) is 6.92 Å². The van der Waals surface area contributed by atoms with E-state index in [2.05, 4.69) is 12.2 Å². The number of hydrogen-bond acceptors (Lipinski definition) is 2. The number of carbonyl (C=O) groups excluding carboxylic acids is 1. The Morgan fingerprint density at radius 2 is 1.94 bits per heavy atom. The van der Waals surface area contributed by atoms with Gasteiger partial charge in [0.15, 0.2) is 0 Å². The molecule has 0 unspecified atom stereocenters. The zero-order valence-corrected chi connectivity index (χ0v) is 11.1. The number of phenols is 1. The van der Waals surface area contributed by atoms with E-state index in [1.807, 2.05) is 6.92 Å². The summed E-state index contributed by atoms with van der Waals surface area (Å²) in [6, 6.07) is 4.87. The van der Waals surface area contributed by atoms with Crippen LogP contribution >= 0.6 is 0 Å². The van der Waals surface area contributed by atoms with Gasteiger partial charge in [0, 0.05) is 11.1 Å². The van der Waals surface area contributed by atoms with Crippen LogP contribution in [0.25, 0.3) is 0 Å². The first-order valence-electron chi connectivity index (χ1n) is 6.62. The number of aryl methyl sites for hydroxylation is 1. The monoisotopic (exact) mass is 247 g/mol. The first-order chi connectivity index (χ1) is 8.50. The van der Waals surface area contributed by atoms with Crippen molar-refractivity contribution in [3.63, 3.8) is 0 Å². The second-order valence-electron chi connectivity index (χ2n) is 5.57. The lowest BCUT2D eigenvalue weighted by atomic mass is 9.83. The molecule has 1 aromatic carbocycles. The average molecular weight is 247 g/mol. The molecule has 1 amide bonds. The molecule has 1 fully saturated rings. The van der Waals surface area contributed by atoms with E-state index in [0.717, 1.165) is 18.4 Å². The zero-order valence-electron chi connectivity index (χ0n) is 11.1. The summed E-state index contributed by atoms with van der Waals surface area (Å²) >= 11 is 0. The van der Waals surface area contributed by atoms with Crippen LogP contribution in [0.4, 0.5) is 0 Å². The lowest BCUT2D eigenvalue weighted by molar-refractivity contribution is 0.0882. The van der Waals surface area contributed by atoms with Crippen molar-refractivity contribution in [2.45, 2.75) is 51.5 Å². The van der Waals surface area contributed by atoms with Crippen molar-refractivity contribution in [3.05, 3.63) is 29.3 Å². The van der Waals surface area contributed by atoms with E-state index >= 15 is 0 Å². The van der Waals surface area contributed by atoms with E-state index in [-0.39, 0.29) is 17.2 Å². The van der Waals surface area contributed by atoms with Crippen molar-refractivity contribution in [1.82, 2.24) is 5.32 Å². The maximum Gasteiger partial charge on any atom is 0.251 e. The number of aromatic hydroxyl groups is 1. The summed E-state index contributed by atoms with van der Waals surface area (Å²) in [5, 5.41) is 12.5. The van der Waals surface area contributed by atoms with Gasteiger partial charge in [0.25, 0.3) is 5.91 Å². The molecule has 0 aliphatic heterocycles. The van der Waals surface area contributed by atoms with E-state index in [1.54, 1.807) is 18.2 Å². The predicted octanol–water partition coefficient (Wildman–Crippen LogP) is 3.15. The van der Waals surface area contributed by atoms with Crippen molar-refractivity contribution in [2.75, 3.05) is 0 Å². The number of rotatable bonds is 2. The van der Waals surface area contributed by atoms with Gasteiger partial charge in [-0.15, -0.1) is 0 Å². The molecular weight excluding hydrogens is 226 g/mol. The molecule has 1 aliphatic rings. The number of nitrogens with one attached hydrogen (secondary N) is 1. The van der Waals surface area contributed by atoms with Crippen LogP contribution in [-0.2, 0) is 0 Å². The third kappa shape index (κ3) is 2.84. The van der Waals surface area contributed by atoms with Crippen molar-refractivity contribution in [1.29, 1.82) is 0 Å². The minimum absolute atomic E-state index is 0.0306. The quantitative estimate of drug-likeness (QED) is 0.843. The molecule has 1 aliphatic carbocycles. The molecule has 3 nitrogen and oxygen atoms in total. The van der Waals surface area contributed by atoms with Gasteiger partial charge in [0.05, 0.1) is 0 Å². The summed E-state index contributed by atoms with van der Waals surface area (Å²) in [5.74, 6) is 0.171. The molecule has 18 heavy (non-hydrogen) atoms. The van der Waals surface area contributed by atoms with Crippen LogP contribution in [0.1, 0.15) is 54.9 Å². The Morgan fingerprint density at radius 3 is 2.56 bits per heavy atom. The lowest BCUT2D eigenvalue weighted by Gasteiger charge is -2.34. The van der Waals surface area contributed by atoms with Crippen molar-refractivity contribution in [2.24, 2.45) is 0 Å². The Morgan fingerprint density at radius 1 is 1.28 bits per heavy atom. The number of hydrogen-bond donors (Lipinski definition) is 2. The highest BCUT2D eigenvalue weighted by Gasteiger charge is 2.28. The minimum Gasteiger partial charge on any atom is -0.508 e. The lowest BCUT2D eigenvalue weighted by Crippen LogP contribution is -2.47. The number of carbonyl (C=O) groups is 1. The van der Waals surface area contributed by atoms with Gasteiger partial charge in [-0.25, -0.2) is 0 Å². The van der Waals surface area contributed by atoms with Crippen molar-refractivity contribution < 1.29 is 9.90 Å². The van der Waals surface area contributed by atoms with Crippen molar-refractivity contribution >= 4 is 5.91 Å². The predicted molar refractivity (Wildman–Crippen MR) is 71.8 cm³/mol. The van der Waals surface area contributed by atoms with E-state index in [4.69, 9.17) is 0 Å². The zero-order chi connectivity index (χ0) is 13.2. The van der Waals surface area contributed by atoms with Gasteiger partial charge < -0.3 is 10.4 Å². The van der Waals surface area contributed by atoms with Gasteiger partial charge in [-0.3, -0.25) is 4.79 Å². The Labute approximate surface area is 108 Å². The maximum absolute atomic E-state index is 12.3. The highest BCUT2D eigenvalue weighted by atomic mass is 16.3. The second-order valence-corrected chi connectivity index (χ2v) is 5.57. The van der Waals surface area contributed by atoms with Gasteiger partial charge in [-0.1, -0.05) is 19.3 Å². The number of benzene rings is 1. The van der Waals surface area contributed by atoms with Crippen LogP contribution in [0.2, 0.25) is 0 Å². The van der Waals surface area contributed by atoms with Crippen molar-refractivity contribution in [3.8, 4) is 5.75 Å². The fraction of sp³-hybridized carbons (Fsp3) is 0.533. The molecular formula is C15H21NO2. The molecule has 0 aromatic heterocycles. The molecule has 2 N–H and O–H groups in total. The summed E-state index contributed by atoms with van der Waals surface area (Å²) in [6.45, 7) is 3.97. The molecule has 0 spiro atoms. The summed E-state index contributed by atoms with van der Waals surface area (Å²) in [5.41, 5.74) is 1.39. The maximum atomic E-state index is 12.3. The highest BCUT2D eigenvalue weighted by molar-refractivity contribution is 5.96. The largest absolute Gasteiger partial charge is 0.508 e. The standard InChI is InChI=1S/C15H21NO2/c1-11-10-12(17)6-7-13(11)14(18)16-15(2)8-4-3-5-9-15/h6-7,10,17H,3-5,8-9H2,1-2H3,(H,16,18). The molecule has 0 heterocycles. The third-order valence-corrected chi connectivity index (χ3v) is 3.83. The smallest absolute Gasteiger partial charge is 0.251 e. The van der Waals surface area contributed by atoms with Gasteiger partial charge in [0.2, 0.25) is 0 Å². The summed E-state index contributed by atoms with van der Waals surface area (Å²) in [6.07, 6.45) is 5.74. The second kappa shape index (κ2) is 5.01. The molecule has 0 bridgehead atoms. The molecule has 98 valence electrons. The summed E-state index contributed by atoms with van der Waals surface area (Å²) < 4.78 is 0. The third-order valence-electron chi connectivity index (χ3n) is 3.83. The van der Waals surface area contributed by atoms with Crippen LogP contribution in [0.15, 0.2) is 18.2 Å². The van der Waals surface area contributed by atoms with Crippen LogP contribution in [0.5, 0.6) is 5.75 Å². The molecule has 0 saturated heterocycles. The molecule has 3 heteroatoms. The highest BCUT2D eigenvalue weighted by Crippen LogP contribution is 2.28. The molecule has 1 saturated carbocycles. The molecule has 1 aromatic rings. The Kier molecular flexibility index (Phi) is 3.60. The molecule has 0 radical (unpaired) electrons. The minimum atomic E-state index is -0.0698. The van der Waals surface area contributed by atoms with Gasteiger partial charge >= 0.3 is 0 Å². The van der Waals surface area contributed by atoms with E-state index < -0.39 is 0 Å². The first-order valence-corrected chi connectivity index (χ1v) is 6.62.